The van der Waals surface area contributed by atoms with Gasteiger partial charge in [-0.25, -0.2) is 9.18 Å². The molecule has 0 aliphatic carbocycles. The van der Waals surface area contributed by atoms with Crippen molar-refractivity contribution in [2.24, 2.45) is 0 Å². The minimum absolute atomic E-state index is 0.0847. The van der Waals surface area contributed by atoms with Crippen LogP contribution in [0.4, 0.5) is 9.18 Å². The Bertz CT molecular complexity index is 698. The quantitative estimate of drug-likeness (QED) is 0.706. The maximum absolute atomic E-state index is 13.2. The lowest BCUT2D eigenvalue weighted by Crippen LogP contribution is -2.43. The van der Waals surface area contributed by atoms with Gasteiger partial charge in [0.1, 0.15) is 11.6 Å². The molecular weight excluding hydrogens is 347 g/mol. The van der Waals surface area contributed by atoms with E-state index in [0.29, 0.717) is 13.0 Å². The SMILES string of the molecule is CCCN(CCO)C(=O)NC(Cc1ccc(F)cc1)c1ccc(OC)cc1. The zero-order valence-corrected chi connectivity index (χ0v) is 15.8. The largest absolute Gasteiger partial charge is 0.497 e. The first-order chi connectivity index (χ1) is 13.1. The van der Waals surface area contributed by atoms with Crippen molar-refractivity contribution < 1.29 is 19.0 Å². The molecule has 0 spiro atoms. The van der Waals surface area contributed by atoms with Crippen LogP contribution >= 0.6 is 0 Å². The third-order valence-electron chi connectivity index (χ3n) is 4.32. The Morgan fingerprint density at radius 1 is 1.15 bits per heavy atom. The fraction of sp³-hybridized carbons (Fsp3) is 0.381. The molecule has 0 radical (unpaired) electrons. The van der Waals surface area contributed by atoms with Crippen molar-refractivity contribution in [3.8, 4) is 5.75 Å². The zero-order valence-electron chi connectivity index (χ0n) is 15.8. The molecule has 27 heavy (non-hydrogen) atoms. The Kier molecular flexibility index (Phi) is 8.07. The van der Waals surface area contributed by atoms with Crippen molar-refractivity contribution >= 4 is 6.03 Å². The van der Waals surface area contributed by atoms with Gasteiger partial charge in [0.2, 0.25) is 0 Å². The van der Waals surface area contributed by atoms with E-state index < -0.39 is 0 Å². The van der Waals surface area contributed by atoms with Gasteiger partial charge < -0.3 is 20.1 Å². The number of aliphatic hydroxyl groups is 1. The number of benzene rings is 2. The van der Waals surface area contributed by atoms with E-state index in [4.69, 9.17) is 4.74 Å². The van der Waals surface area contributed by atoms with E-state index in [1.165, 1.54) is 12.1 Å². The standard InChI is InChI=1S/C21H27FN2O3/c1-3-12-24(13-14-25)21(26)23-20(15-16-4-8-18(22)9-5-16)17-6-10-19(27-2)11-7-17/h4-11,20,25H,3,12-15H2,1-2H3,(H,23,26). The summed E-state index contributed by atoms with van der Waals surface area (Å²) in [4.78, 5) is 14.3. The second kappa shape index (κ2) is 10.5. The van der Waals surface area contributed by atoms with E-state index in [2.05, 4.69) is 5.32 Å². The number of urea groups is 1. The second-order valence-electron chi connectivity index (χ2n) is 6.32. The summed E-state index contributed by atoms with van der Waals surface area (Å²) in [5, 5.41) is 12.3. The molecule has 0 saturated heterocycles. The zero-order chi connectivity index (χ0) is 19.6. The summed E-state index contributed by atoms with van der Waals surface area (Å²) in [6.45, 7) is 2.75. The average Bonchev–Trinajstić information content (AvgIpc) is 2.69. The minimum Gasteiger partial charge on any atom is -0.497 e. The summed E-state index contributed by atoms with van der Waals surface area (Å²) in [7, 11) is 1.60. The van der Waals surface area contributed by atoms with Gasteiger partial charge in [0.05, 0.1) is 19.8 Å². The number of methoxy groups -OCH3 is 1. The van der Waals surface area contributed by atoms with Crippen LogP contribution in [0, 0.1) is 5.82 Å². The molecule has 0 aromatic heterocycles. The Balaban J connectivity index is 2.21. The molecular formula is C21H27FN2O3. The Hall–Kier alpha value is -2.60. The Morgan fingerprint density at radius 3 is 2.37 bits per heavy atom. The summed E-state index contributed by atoms with van der Waals surface area (Å²) in [6.07, 6.45) is 1.33. The summed E-state index contributed by atoms with van der Waals surface area (Å²) in [5.74, 6) is 0.444. The number of halogens is 1. The molecule has 146 valence electrons. The molecule has 5 nitrogen and oxygen atoms in total. The van der Waals surface area contributed by atoms with Crippen molar-refractivity contribution in [3.63, 3.8) is 0 Å². The highest BCUT2D eigenvalue weighted by Gasteiger charge is 2.19. The summed E-state index contributed by atoms with van der Waals surface area (Å²) < 4.78 is 18.4. The topological polar surface area (TPSA) is 61.8 Å². The molecule has 0 fully saturated rings. The summed E-state index contributed by atoms with van der Waals surface area (Å²) >= 11 is 0. The Labute approximate surface area is 159 Å². The van der Waals surface area contributed by atoms with Gasteiger partial charge in [-0.05, 0) is 48.2 Å². The Morgan fingerprint density at radius 2 is 1.81 bits per heavy atom. The average molecular weight is 374 g/mol. The van der Waals surface area contributed by atoms with Crippen LogP contribution < -0.4 is 10.1 Å². The lowest BCUT2D eigenvalue weighted by Gasteiger charge is -2.26. The number of ether oxygens (including phenoxy) is 1. The maximum atomic E-state index is 13.2. The van der Waals surface area contributed by atoms with Crippen LogP contribution in [-0.2, 0) is 6.42 Å². The second-order valence-corrected chi connectivity index (χ2v) is 6.32. The summed E-state index contributed by atoms with van der Waals surface area (Å²) in [6, 6.07) is 13.3. The fourth-order valence-electron chi connectivity index (χ4n) is 2.89. The normalized spacial score (nSPS) is 11.7. The highest BCUT2D eigenvalue weighted by molar-refractivity contribution is 5.74. The molecule has 0 heterocycles. The number of hydrogen-bond acceptors (Lipinski definition) is 3. The van der Waals surface area contributed by atoms with Crippen molar-refractivity contribution in [3.05, 3.63) is 65.5 Å². The number of rotatable bonds is 9. The smallest absolute Gasteiger partial charge is 0.317 e. The highest BCUT2D eigenvalue weighted by atomic mass is 19.1. The van der Waals surface area contributed by atoms with Gasteiger partial charge in [0, 0.05) is 13.1 Å². The minimum atomic E-state index is -0.291. The third-order valence-corrected chi connectivity index (χ3v) is 4.32. The molecule has 2 rings (SSSR count). The van der Waals surface area contributed by atoms with Crippen LogP contribution in [0.25, 0.3) is 0 Å². The van der Waals surface area contributed by atoms with E-state index in [9.17, 15) is 14.3 Å². The maximum Gasteiger partial charge on any atom is 0.317 e. The first-order valence-electron chi connectivity index (χ1n) is 9.12. The van der Waals surface area contributed by atoms with Crippen LogP contribution in [0.5, 0.6) is 5.75 Å². The fourth-order valence-corrected chi connectivity index (χ4v) is 2.89. The molecule has 0 saturated carbocycles. The number of hydrogen-bond donors (Lipinski definition) is 2. The summed E-state index contributed by atoms with van der Waals surface area (Å²) in [5.41, 5.74) is 1.84. The van der Waals surface area contributed by atoms with Crippen LogP contribution in [0.15, 0.2) is 48.5 Å². The lowest BCUT2D eigenvalue weighted by molar-refractivity contribution is 0.174. The number of aliphatic hydroxyl groups excluding tert-OH is 1. The predicted molar refractivity (Wildman–Crippen MR) is 103 cm³/mol. The molecule has 6 heteroatoms. The predicted octanol–water partition coefficient (Wildman–Crippen LogP) is 3.53. The highest BCUT2D eigenvalue weighted by Crippen LogP contribution is 2.22. The van der Waals surface area contributed by atoms with Crippen molar-refractivity contribution in [1.82, 2.24) is 10.2 Å². The van der Waals surface area contributed by atoms with E-state index in [1.54, 1.807) is 24.1 Å². The molecule has 2 amide bonds. The van der Waals surface area contributed by atoms with Crippen LogP contribution in [0.3, 0.4) is 0 Å². The number of nitrogens with one attached hydrogen (secondary N) is 1. The van der Waals surface area contributed by atoms with Gasteiger partial charge in [0.25, 0.3) is 0 Å². The van der Waals surface area contributed by atoms with Gasteiger partial charge in [-0.2, -0.15) is 0 Å². The van der Waals surface area contributed by atoms with Gasteiger partial charge in [-0.3, -0.25) is 0 Å². The first-order valence-corrected chi connectivity index (χ1v) is 9.12. The van der Waals surface area contributed by atoms with Crippen LogP contribution in [-0.4, -0.2) is 42.8 Å². The van der Waals surface area contributed by atoms with E-state index in [-0.39, 0.29) is 31.0 Å². The van der Waals surface area contributed by atoms with E-state index in [1.807, 2.05) is 31.2 Å². The molecule has 0 bridgehead atoms. The van der Waals surface area contributed by atoms with E-state index in [0.717, 1.165) is 23.3 Å². The molecule has 0 aliphatic heterocycles. The van der Waals surface area contributed by atoms with Crippen molar-refractivity contribution in [1.29, 1.82) is 0 Å². The lowest BCUT2D eigenvalue weighted by atomic mass is 9.98. The molecule has 1 unspecified atom stereocenters. The number of carbonyl (C=O) groups excluding carboxylic acids is 1. The van der Waals surface area contributed by atoms with Crippen LogP contribution in [0.1, 0.15) is 30.5 Å². The molecule has 2 aromatic rings. The number of nitrogens with zero attached hydrogens (tertiary/aromatic N) is 1. The van der Waals surface area contributed by atoms with Crippen molar-refractivity contribution in [2.45, 2.75) is 25.8 Å². The number of amides is 2. The molecule has 2 N–H and O–H groups in total. The van der Waals surface area contributed by atoms with Crippen molar-refractivity contribution in [2.75, 3.05) is 26.8 Å². The van der Waals surface area contributed by atoms with Gasteiger partial charge in [-0.15, -0.1) is 0 Å². The van der Waals surface area contributed by atoms with Gasteiger partial charge in [-0.1, -0.05) is 31.2 Å². The van der Waals surface area contributed by atoms with Gasteiger partial charge >= 0.3 is 6.03 Å². The van der Waals surface area contributed by atoms with Gasteiger partial charge in [0.15, 0.2) is 0 Å². The first kappa shape index (κ1) is 20.7. The molecule has 1 atom stereocenters. The monoisotopic (exact) mass is 374 g/mol. The van der Waals surface area contributed by atoms with Crippen LogP contribution in [0.2, 0.25) is 0 Å². The van der Waals surface area contributed by atoms with E-state index >= 15 is 0 Å². The molecule has 0 aliphatic rings. The number of carbonyl (C=O) groups is 1. The third kappa shape index (κ3) is 6.25. The molecule has 2 aromatic carbocycles.